The minimum atomic E-state index is -1.78. The number of fused-ring (bicyclic) bond motifs is 1. The van der Waals surface area contributed by atoms with Crippen molar-refractivity contribution in [2.24, 2.45) is 5.73 Å². The van der Waals surface area contributed by atoms with Crippen LogP contribution in [0.15, 0.2) is 12.7 Å². The number of anilines is 1. The number of hydrogen-bond acceptors (Lipinski definition) is 9. The highest BCUT2D eigenvalue weighted by molar-refractivity contribution is 5.83. The molecule has 3 heterocycles. The Bertz CT molecular complexity index is 691. The summed E-state index contributed by atoms with van der Waals surface area (Å²) in [5.74, 6) is -1.20. The second-order valence-electron chi connectivity index (χ2n) is 5.40. The number of aliphatic hydroxyl groups excluding tert-OH is 3. The summed E-state index contributed by atoms with van der Waals surface area (Å²) >= 11 is 0. The van der Waals surface area contributed by atoms with Gasteiger partial charge in [0.1, 0.15) is 31.0 Å². The van der Waals surface area contributed by atoms with Crippen LogP contribution >= 0.6 is 0 Å². The number of hydrogen-bond donors (Lipinski definition) is 4. The van der Waals surface area contributed by atoms with Crippen LogP contribution in [0.5, 0.6) is 0 Å². The molecule has 0 radical (unpaired) electrons. The maximum absolute atomic E-state index is 10.2. The van der Waals surface area contributed by atoms with E-state index in [2.05, 4.69) is 15.0 Å². The molecule has 2 aromatic heterocycles. The van der Waals surface area contributed by atoms with E-state index in [1.54, 1.807) is 4.90 Å². The number of rotatable bonds is 3. The van der Waals surface area contributed by atoms with Crippen molar-refractivity contribution in [2.75, 3.05) is 25.6 Å². The van der Waals surface area contributed by atoms with E-state index < -0.39 is 30.8 Å². The molecule has 0 unspecified atom stereocenters. The Balaban J connectivity index is 2.13. The Morgan fingerprint density at radius 1 is 1.36 bits per heavy atom. The van der Waals surface area contributed by atoms with Gasteiger partial charge in [-0.2, -0.15) is 0 Å². The number of aromatic nitrogens is 4. The molecule has 10 heteroatoms. The molecule has 10 nitrogen and oxygen atoms in total. The third kappa shape index (κ3) is 1.96. The van der Waals surface area contributed by atoms with Crippen LogP contribution in [-0.2, 0) is 10.6 Å². The lowest BCUT2D eigenvalue weighted by atomic mass is 10.1. The van der Waals surface area contributed by atoms with Crippen molar-refractivity contribution >= 4 is 17.0 Å². The van der Waals surface area contributed by atoms with E-state index in [9.17, 15) is 15.3 Å². The number of imidazole rings is 1. The third-order valence-electron chi connectivity index (χ3n) is 3.76. The van der Waals surface area contributed by atoms with Crippen LogP contribution in [-0.4, -0.2) is 73.9 Å². The molecular weight excluding hydrogens is 292 g/mol. The first kappa shape index (κ1) is 15.1. The van der Waals surface area contributed by atoms with E-state index in [0.29, 0.717) is 17.0 Å². The fourth-order valence-electron chi connectivity index (χ4n) is 2.58. The van der Waals surface area contributed by atoms with Crippen LogP contribution in [0, 0.1) is 0 Å². The molecule has 5 N–H and O–H groups in total. The molecule has 0 bridgehead atoms. The standard InChI is InChI=1S/C12H18N6O4/c1-17(2)10-7-11(15-4-14-10)18(5-16-7)12(13)9(21)8(20)6(3-19)22-12/h4-6,8-9,19-21H,3,13H2,1-2H3/t6-,8-,9-,12+/m1/s1. The zero-order valence-electron chi connectivity index (χ0n) is 12.2. The van der Waals surface area contributed by atoms with Crippen molar-refractivity contribution in [1.29, 1.82) is 0 Å². The van der Waals surface area contributed by atoms with Crippen LogP contribution in [0.25, 0.3) is 11.2 Å². The molecule has 0 amide bonds. The lowest BCUT2D eigenvalue weighted by molar-refractivity contribution is -0.141. The number of nitrogens with zero attached hydrogens (tertiary/aromatic N) is 5. The Morgan fingerprint density at radius 2 is 2.09 bits per heavy atom. The summed E-state index contributed by atoms with van der Waals surface area (Å²) in [5, 5.41) is 29.3. The Kier molecular flexibility index (Phi) is 3.50. The van der Waals surface area contributed by atoms with Crippen molar-refractivity contribution in [3.8, 4) is 0 Å². The topological polar surface area (TPSA) is 143 Å². The molecule has 0 saturated carbocycles. The summed E-state index contributed by atoms with van der Waals surface area (Å²) in [5.41, 5.74) is 6.96. The van der Waals surface area contributed by atoms with Crippen LogP contribution in [0.3, 0.4) is 0 Å². The van der Waals surface area contributed by atoms with Crippen molar-refractivity contribution in [1.82, 2.24) is 19.5 Å². The Labute approximate surface area is 125 Å². The van der Waals surface area contributed by atoms with Crippen molar-refractivity contribution in [3.63, 3.8) is 0 Å². The fraction of sp³-hybridized carbons (Fsp3) is 0.583. The summed E-state index contributed by atoms with van der Waals surface area (Å²) < 4.78 is 6.79. The molecule has 1 aliphatic rings. The summed E-state index contributed by atoms with van der Waals surface area (Å²) in [6.45, 7) is -0.470. The van der Waals surface area contributed by atoms with Gasteiger partial charge in [-0.1, -0.05) is 0 Å². The first-order chi connectivity index (χ1) is 10.4. The third-order valence-corrected chi connectivity index (χ3v) is 3.76. The Hall–Kier alpha value is -1.85. The second-order valence-corrected chi connectivity index (χ2v) is 5.40. The summed E-state index contributed by atoms with van der Waals surface area (Å²) in [6, 6.07) is 0. The molecule has 120 valence electrons. The highest BCUT2D eigenvalue weighted by atomic mass is 16.6. The largest absolute Gasteiger partial charge is 0.394 e. The molecule has 1 aliphatic heterocycles. The average molecular weight is 310 g/mol. The van der Waals surface area contributed by atoms with Crippen LogP contribution in [0.4, 0.5) is 5.82 Å². The Morgan fingerprint density at radius 3 is 2.68 bits per heavy atom. The van der Waals surface area contributed by atoms with Gasteiger partial charge in [-0.25, -0.2) is 15.0 Å². The molecule has 3 rings (SSSR count). The minimum absolute atomic E-state index is 0.353. The van der Waals surface area contributed by atoms with Gasteiger partial charge >= 0.3 is 0 Å². The van der Waals surface area contributed by atoms with Crippen molar-refractivity contribution in [3.05, 3.63) is 12.7 Å². The lowest BCUT2D eigenvalue weighted by Crippen LogP contribution is -2.52. The van der Waals surface area contributed by atoms with Gasteiger partial charge in [0.05, 0.1) is 6.61 Å². The number of ether oxygens (including phenoxy) is 1. The van der Waals surface area contributed by atoms with Crippen LogP contribution in [0.1, 0.15) is 0 Å². The van der Waals surface area contributed by atoms with Crippen LogP contribution in [0.2, 0.25) is 0 Å². The van der Waals surface area contributed by atoms with E-state index in [-0.39, 0.29) is 0 Å². The maximum atomic E-state index is 10.2. The second kappa shape index (κ2) is 5.11. The van der Waals surface area contributed by atoms with Gasteiger partial charge in [-0.05, 0) is 0 Å². The summed E-state index contributed by atoms with van der Waals surface area (Å²) in [6.07, 6.45) is -1.04. The predicted molar refractivity (Wildman–Crippen MR) is 75.8 cm³/mol. The molecule has 0 aliphatic carbocycles. The zero-order chi connectivity index (χ0) is 16.1. The summed E-state index contributed by atoms with van der Waals surface area (Å²) in [7, 11) is 3.62. The van der Waals surface area contributed by atoms with Gasteiger partial charge < -0.3 is 25.0 Å². The van der Waals surface area contributed by atoms with Gasteiger partial charge in [0.25, 0.3) is 0 Å². The van der Waals surface area contributed by atoms with Gasteiger partial charge in [-0.3, -0.25) is 10.3 Å². The lowest BCUT2D eigenvalue weighted by Gasteiger charge is -2.28. The number of aliphatic hydroxyl groups is 3. The van der Waals surface area contributed by atoms with E-state index in [1.807, 2.05) is 14.1 Å². The van der Waals surface area contributed by atoms with E-state index in [4.69, 9.17) is 10.5 Å². The molecule has 4 atom stereocenters. The summed E-state index contributed by atoms with van der Waals surface area (Å²) in [4.78, 5) is 14.3. The monoisotopic (exact) mass is 310 g/mol. The molecular formula is C12H18N6O4. The molecule has 22 heavy (non-hydrogen) atoms. The van der Waals surface area contributed by atoms with Crippen molar-refractivity contribution in [2.45, 2.75) is 24.2 Å². The highest BCUT2D eigenvalue weighted by Gasteiger charge is 2.53. The van der Waals surface area contributed by atoms with Gasteiger partial charge in [0.15, 0.2) is 17.0 Å². The smallest absolute Gasteiger partial charge is 0.231 e. The average Bonchev–Trinajstić information content (AvgIpc) is 3.03. The zero-order valence-corrected chi connectivity index (χ0v) is 12.2. The highest BCUT2D eigenvalue weighted by Crippen LogP contribution is 2.33. The van der Waals surface area contributed by atoms with Gasteiger partial charge in [0, 0.05) is 14.1 Å². The maximum Gasteiger partial charge on any atom is 0.231 e. The molecule has 0 aromatic carbocycles. The molecule has 2 aromatic rings. The number of nitrogens with two attached hydrogens (primary N) is 1. The van der Waals surface area contributed by atoms with Crippen molar-refractivity contribution < 1.29 is 20.1 Å². The molecule has 1 fully saturated rings. The minimum Gasteiger partial charge on any atom is -0.394 e. The normalized spacial score (nSPS) is 31.8. The first-order valence-electron chi connectivity index (χ1n) is 6.69. The fourth-order valence-corrected chi connectivity index (χ4v) is 2.58. The van der Waals surface area contributed by atoms with Gasteiger partial charge in [0.2, 0.25) is 5.85 Å². The first-order valence-corrected chi connectivity index (χ1v) is 6.69. The predicted octanol–water partition coefficient (Wildman–Crippen LogP) is -2.43. The van der Waals surface area contributed by atoms with E-state index in [1.165, 1.54) is 17.2 Å². The van der Waals surface area contributed by atoms with Crippen LogP contribution < -0.4 is 10.6 Å². The van der Waals surface area contributed by atoms with E-state index in [0.717, 1.165) is 0 Å². The SMILES string of the molecule is CN(C)c1ncnc2c1ncn2[C@]1(N)O[C@H](CO)[C@@H](O)[C@H]1O. The quantitative estimate of drug-likeness (QED) is 0.486. The molecule has 0 spiro atoms. The van der Waals surface area contributed by atoms with Gasteiger partial charge in [-0.15, -0.1) is 0 Å². The molecule has 1 saturated heterocycles. The van der Waals surface area contributed by atoms with E-state index >= 15 is 0 Å².